The van der Waals surface area contributed by atoms with Crippen molar-refractivity contribution in [2.24, 2.45) is 0 Å². The molecule has 0 saturated carbocycles. The third-order valence-corrected chi connectivity index (χ3v) is 9.81. The Hall–Kier alpha value is -4.53. The molecule has 1 fully saturated rings. The van der Waals surface area contributed by atoms with E-state index in [0.717, 1.165) is 54.9 Å². The first-order valence-electron chi connectivity index (χ1n) is 17.2. The smallest absolute Gasteiger partial charge is 0.142 e. The van der Waals surface area contributed by atoms with Crippen molar-refractivity contribution in [3.8, 4) is 40.5 Å². The number of nitrogens with zero attached hydrogens (tertiary/aromatic N) is 3. The second-order valence-corrected chi connectivity index (χ2v) is 13.3. The maximum Gasteiger partial charge on any atom is 0.142 e. The molecule has 1 heterocycles. The number of ether oxygens (including phenoxy) is 3. The van der Waals surface area contributed by atoms with E-state index in [9.17, 15) is 10.5 Å². The van der Waals surface area contributed by atoms with Gasteiger partial charge in [-0.3, -0.25) is 0 Å². The number of hydrogen-bond donors (Lipinski definition) is 1. The van der Waals surface area contributed by atoms with Gasteiger partial charge in [-0.05, 0) is 123 Å². The SMILES string of the molecule is CNCc1cc(Cl)c(O[C@H]2CCc3c(-c4cccc(OCCCN5CCCCC5)c4C)cccc32)cc1OCc1cc(C#N)cc(C#N)c1. The van der Waals surface area contributed by atoms with Gasteiger partial charge in [-0.1, -0.05) is 48.4 Å². The topological polar surface area (TPSA) is 90.5 Å². The molecule has 1 aliphatic heterocycles. The lowest BCUT2D eigenvalue weighted by molar-refractivity contribution is 0.204. The van der Waals surface area contributed by atoms with Crippen LogP contribution in [0.2, 0.25) is 5.02 Å². The summed E-state index contributed by atoms with van der Waals surface area (Å²) in [5, 5.41) is 22.5. The summed E-state index contributed by atoms with van der Waals surface area (Å²) < 4.78 is 19.2. The second kappa shape index (κ2) is 16.2. The van der Waals surface area contributed by atoms with Crippen LogP contribution in [0.4, 0.5) is 0 Å². The van der Waals surface area contributed by atoms with Crippen molar-refractivity contribution in [2.75, 3.05) is 33.3 Å². The number of likely N-dealkylation sites (tertiary alicyclic amines) is 1. The lowest BCUT2D eigenvalue weighted by atomic mass is 9.93. The standard InChI is InChI=1S/C41H43ClN4O3/c1-28-33(9-7-12-38(28)47-18-8-17-46-15-4-3-5-16-46)34-10-6-11-36-35(34)13-14-39(36)49-41-23-40(32(26-45-2)22-37(41)42)48-27-31-20-29(24-43)19-30(21-31)25-44/h6-7,9-12,19-23,39,45H,3-5,8,13-18,26-27H2,1-2H3/t39-/m0/s1. The van der Waals surface area contributed by atoms with Gasteiger partial charge in [0.05, 0.1) is 34.9 Å². The zero-order valence-corrected chi connectivity index (χ0v) is 29.1. The fraction of sp³-hybridized carbons (Fsp3) is 0.366. The van der Waals surface area contributed by atoms with Crippen LogP contribution >= 0.6 is 11.6 Å². The maximum absolute atomic E-state index is 9.39. The van der Waals surface area contributed by atoms with E-state index >= 15 is 0 Å². The highest BCUT2D eigenvalue weighted by Crippen LogP contribution is 2.44. The van der Waals surface area contributed by atoms with Gasteiger partial charge in [0.25, 0.3) is 0 Å². The highest BCUT2D eigenvalue weighted by Gasteiger charge is 2.28. The molecule has 2 aliphatic rings. The first-order valence-corrected chi connectivity index (χ1v) is 17.6. The van der Waals surface area contributed by atoms with Crippen molar-refractivity contribution in [1.82, 2.24) is 10.2 Å². The minimum atomic E-state index is -0.157. The minimum Gasteiger partial charge on any atom is -0.493 e. The van der Waals surface area contributed by atoms with Crippen LogP contribution in [0.1, 0.15) is 77.2 Å². The van der Waals surface area contributed by atoms with E-state index in [1.54, 1.807) is 18.2 Å². The molecular weight excluding hydrogens is 632 g/mol. The predicted molar refractivity (Wildman–Crippen MR) is 193 cm³/mol. The maximum atomic E-state index is 9.39. The molecule has 49 heavy (non-hydrogen) atoms. The summed E-state index contributed by atoms with van der Waals surface area (Å²) in [6, 6.07) is 25.8. The number of fused-ring (bicyclic) bond motifs is 1. The molecule has 252 valence electrons. The lowest BCUT2D eigenvalue weighted by Gasteiger charge is -2.26. The van der Waals surface area contributed by atoms with Crippen molar-refractivity contribution in [1.29, 1.82) is 10.5 Å². The summed E-state index contributed by atoms with van der Waals surface area (Å²) in [7, 11) is 1.87. The summed E-state index contributed by atoms with van der Waals surface area (Å²) >= 11 is 6.80. The Morgan fingerprint density at radius 1 is 0.878 bits per heavy atom. The zero-order chi connectivity index (χ0) is 34.2. The summed E-state index contributed by atoms with van der Waals surface area (Å²) in [5.41, 5.74) is 8.49. The van der Waals surface area contributed by atoms with E-state index in [1.165, 1.54) is 54.6 Å². The zero-order valence-electron chi connectivity index (χ0n) is 28.4. The molecule has 1 saturated heterocycles. The van der Waals surface area contributed by atoms with Crippen molar-refractivity contribution in [3.63, 3.8) is 0 Å². The normalized spacial score (nSPS) is 15.7. The molecule has 6 rings (SSSR count). The van der Waals surface area contributed by atoms with Crippen LogP contribution in [-0.2, 0) is 19.6 Å². The highest BCUT2D eigenvalue weighted by molar-refractivity contribution is 6.32. The number of halogens is 1. The second-order valence-electron chi connectivity index (χ2n) is 12.9. The van der Waals surface area contributed by atoms with Crippen LogP contribution < -0.4 is 19.5 Å². The molecule has 7 nitrogen and oxygen atoms in total. The van der Waals surface area contributed by atoms with Gasteiger partial charge in [-0.25, -0.2) is 0 Å². The van der Waals surface area contributed by atoms with E-state index in [0.29, 0.717) is 34.2 Å². The van der Waals surface area contributed by atoms with Crippen molar-refractivity contribution >= 4 is 11.6 Å². The van der Waals surface area contributed by atoms with Gasteiger partial charge in [0, 0.05) is 24.7 Å². The van der Waals surface area contributed by atoms with Gasteiger partial charge in [0.2, 0.25) is 0 Å². The Morgan fingerprint density at radius 2 is 1.63 bits per heavy atom. The first kappa shape index (κ1) is 34.3. The Morgan fingerprint density at radius 3 is 2.39 bits per heavy atom. The van der Waals surface area contributed by atoms with E-state index < -0.39 is 0 Å². The molecule has 0 bridgehead atoms. The van der Waals surface area contributed by atoms with Crippen LogP contribution in [0.25, 0.3) is 11.1 Å². The predicted octanol–water partition coefficient (Wildman–Crippen LogP) is 8.68. The summed E-state index contributed by atoms with van der Waals surface area (Å²) in [4.78, 5) is 2.56. The van der Waals surface area contributed by atoms with Crippen LogP contribution in [0.5, 0.6) is 17.2 Å². The molecule has 4 aromatic carbocycles. The molecule has 1 atom stereocenters. The Bertz CT molecular complexity index is 1840. The molecule has 0 amide bonds. The molecule has 0 aromatic heterocycles. The van der Waals surface area contributed by atoms with Gasteiger partial charge in [0.15, 0.2) is 0 Å². The Kier molecular flexibility index (Phi) is 11.4. The number of piperidine rings is 1. The molecule has 4 aromatic rings. The van der Waals surface area contributed by atoms with Crippen molar-refractivity contribution in [2.45, 2.75) is 64.7 Å². The fourth-order valence-corrected chi connectivity index (χ4v) is 7.29. The minimum absolute atomic E-state index is 0.157. The van der Waals surface area contributed by atoms with Crippen LogP contribution in [-0.4, -0.2) is 38.2 Å². The third kappa shape index (κ3) is 8.20. The van der Waals surface area contributed by atoms with Crippen molar-refractivity contribution in [3.05, 3.63) is 111 Å². The van der Waals surface area contributed by atoms with E-state index in [4.69, 9.17) is 25.8 Å². The lowest BCUT2D eigenvalue weighted by Crippen LogP contribution is -2.31. The quantitative estimate of drug-likeness (QED) is 0.142. The Labute approximate surface area is 295 Å². The van der Waals surface area contributed by atoms with Gasteiger partial charge in [-0.2, -0.15) is 10.5 Å². The molecular formula is C41H43ClN4O3. The van der Waals surface area contributed by atoms with Gasteiger partial charge in [0.1, 0.15) is 30.0 Å². The van der Waals surface area contributed by atoms with Crippen LogP contribution in [0, 0.1) is 29.6 Å². The average molecular weight is 675 g/mol. The summed E-state index contributed by atoms with van der Waals surface area (Å²) in [5.74, 6) is 2.13. The Balaban J connectivity index is 1.18. The molecule has 8 heteroatoms. The van der Waals surface area contributed by atoms with Gasteiger partial charge < -0.3 is 24.4 Å². The third-order valence-electron chi connectivity index (χ3n) is 9.51. The summed E-state index contributed by atoms with van der Waals surface area (Å²) in [6.07, 6.45) is 6.59. The number of hydrogen-bond acceptors (Lipinski definition) is 7. The summed E-state index contributed by atoms with van der Waals surface area (Å²) in [6.45, 7) is 7.14. The largest absolute Gasteiger partial charge is 0.493 e. The van der Waals surface area contributed by atoms with E-state index in [1.807, 2.05) is 19.2 Å². The molecule has 1 N–H and O–H groups in total. The van der Waals surface area contributed by atoms with E-state index in [2.05, 4.69) is 65.7 Å². The number of benzene rings is 4. The molecule has 0 radical (unpaired) electrons. The van der Waals surface area contributed by atoms with Gasteiger partial charge in [-0.15, -0.1) is 0 Å². The number of nitrogens with one attached hydrogen (secondary N) is 1. The molecule has 0 spiro atoms. The number of rotatable bonds is 13. The first-order chi connectivity index (χ1) is 24.0. The highest BCUT2D eigenvalue weighted by atomic mass is 35.5. The van der Waals surface area contributed by atoms with E-state index in [-0.39, 0.29) is 12.7 Å². The monoisotopic (exact) mass is 674 g/mol. The molecule has 1 aliphatic carbocycles. The van der Waals surface area contributed by atoms with Crippen molar-refractivity contribution < 1.29 is 14.2 Å². The number of nitriles is 2. The fourth-order valence-electron chi connectivity index (χ4n) is 7.05. The molecule has 0 unspecified atom stereocenters. The van der Waals surface area contributed by atoms with Crippen LogP contribution in [0.3, 0.4) is 0 Å². The van der Waals surface area contributed by atoms with Gasteiger partial charge >= 0.3 is 0 Å². The average Bonchev–Trinajstić information content (AvgIpc) is 3.54. The van der Waals surface area contributed by atoms with Crippen LogP contribution in [0.15, 0.2) is 66.7 Å².